The van der Waals surface area contributed by atoms with Crippen LogP contribution in [-0.2, 0) is 18.7 Å². The third-order valence-electron chi connectivity index (χ3n) is 3.68. The molecule has 0 saturated heterocycles. The highest BCUT2D eigenvalue weighted by Crippen LogP contribution is 2.19. The Balaban J connectivity index is 1.87. The van der Waals surface area contributed by atoms with Crippen LogP contribution in [0, 0.1) is 13.8 Å². The molecule has 0 fully saturated rings. The first-order chi connectivity index (χ1) is 11.1. The minimum absolute atomic E-state index is 0.460. The molecule has 3 heterocycles. The van der Waals surface area contributed by atoms with Crippen molar-refractivity contribution in [3.05, 3.63) is 34.7 Å². The lowest BCUT2D eigenvalue weighted by molar-refractivity contribution is 0.379. The van der Waals surface area contributed by atoms with Gasteiger partial charge in [-0.05, 0) is 26.5 Å². The molecular formula is C15H20N6OS. The first-order valence-corrected chi connectivity index (χ1v) is 8.91. The van der Waals surface area contributed by atoms with Crippen LogP contribution in [0.25, 0.3) is 5.65 Å². The van der Waals surface area contributed by atoms with Crippen molar-refractivity contribution in [2.24, 2.45) is 0 Å². The van der Waals surface area contributed by atoms with Gasteiger partial charge in [0.15, 0.2) is 11.5 Å². The van der Waals surface area contributed by atoms with E-state index >= 15 is 0 Å². The first-order valence-electron chi connectivity index (χ1n) is 7.52. The van der Waals surface area contributed by atoms with Crippen LogP contribution in [0.15, 0.2) is 10.6 Å². The number of nitrogens with zero attached hydrogens (tertiary/aromatic N) is 5. The van der Waals surface area contributed by atoms with E-state index < -0.39 is 0 Å². The molecule has 0 radical (unpaired) electrons. The number of nitrogens with one attached hydrogen (secondary N) is 1. The molecule has 0 aliphatic rings. The van der Waals surface area contributed by atoms with Crippen molar-refractivity contribution in [2.75, 3.05) is 11.6 Å². The maximum absolute atomic E-state index is 5.25. The Hall–Kier alpha value is -2.09. The quantitative estimate of drug-likeness (QED) is 0.743. The summed E-state index contributed by atoms with van der Waals surface area (Å²) in [6.07, 6.45) is 2.88. The number of aromatic nitrogens is 5. The third-order valence-corrected chi connectivity index (χ3v) is 4.22. The summed E-state index contributed by atoms with van der Waals surface area (Å²) in [7, 11) is 0. The van der Waals surface area contributed by atoms with Gasteiger partial charge in [-0.2, -0.15) is 26.4 Å². The minimum Gasteiger partial charge on any atom is -0.361 e. The molecule has 3 aromatic heterocycles. The van der Waals surface area contributed by atoms with Crippen molar-refractivity contribution in [3.8, 4) is 0 Å². The highest BCUT2D eigenvalue weighted by Gasteiger charge is 2.13. The third kappa shape index (κ3) is 3.17. The Kier molecular flexibility index (Phi) is 4.51. The van der Waals surface area contributed by atoms with Gasteiger partial charge in [0.05, 0.1) is 18.0 Å². The van der Waals surface area contributed by atoms with Crippen molar-refractivity contribution < 1.29 is 4.52 Å². The fraction of sp³-hybridized carbons (Fsp3) is 0.467. The van der Waals surface area contributed by atoms with Crippen LogP contribution in [0.5, 0.6) is 0 Å². The van der Waals surface area contributed by atoms with E-state index in [0.717, 1.165) is 40.6 Å². The lowest BCUT2D eigenvalue weighted by Crippen LogP contribution is -2.08. The lowest BCUT2D eigenvalue weighted by atomic mass is 10.2. The monoisotopic (exact) mass is 332 g/mol. The average molecular weight is 332 g/mol. The smallest absolute Gasteiger partial charge is 0.246 e. The molecule has 0 aromatic carbocycles. The van der Waals surface area contributed by atoms with E-state index in [1.807, 2.05) is 30.7 Å². The molecular weight excluding hydrogens is 312 g/mol. The summed E-state index contributed by atoms with van der Waals surface area (Å²) in [5.74, 6) is 2.92. The Morgan fingerprint density at radius 3 is 2.87 bits per heavy atom. The van der Waals surface area contributed by atoms with Crippen molar-refractivity contribution in [1.29, 1.82) is 0 Å². The SMILES string of the molecule is CCc1cc(NCc2nc(CSC)no2)n2nc(C)c(C)c2n1. The molecule has 3 aromatic rings. The number of fused-ring (bicyclic) bond motifs is 1. The van der Waals surface area contributed by atoms with Crippen LogP contribution in [-0.4, -0.2) is 31.0 Å². The summed E-state index contributed by atoms with van der Waals surface area (Å²) < 4.78 is 7.09. The Morgan fingerprint density at radius 1 is 1.30 bits per heavy atom. The zero-order valence-electron chi connectivity index (χ0n) is 13.8. The second kappa shape index (κ2) is 6.57. The molecule has 8 heteroatoms. The fourth-order valence-electron chi connectivity index (χ4n) is 2.30. The maximum atomic E-state index is 5.25. The van der Waals surface area contributed by atoms with Crippen LogP contribution in [0.4, 0.5) is 5.82 Å². The summed E-state index contributed by atoms with van der Waals surface area (Å²) in [5, 5.41) is 11.8. The van der Waals surface area contributed by atoms with Crippen LogP contribution in [0.3, 0.4) is 0 Å². The number of aryl methyl sites for hydroxylation is 3. The summed E-state index contributed by atoms with van der Waals surface area (Å²) in [5.41, 5.74) is 3.99. The first kappa shape index (κ1) is 15.8. The van der Waals surface area contributed by atoms with Crippen molar-refractivity contribution in [1.82, 2.24) is 24.7 Å². The van der Waals surface area contributed by atoms with Crippen LogP contribution >= 0.6 is 11.8 Å². The Bertz CT molecular complexity index is 825. The van der Waals surface area contributed by atoms with Crippen molar-refractivity contribution in [3.63, 3.8) is 0 Å². The molecule has 7 nitrogen and oxygen atoms in total. The summed E-state index contributed by atoms with van der Waals surface area (Å²) in [6, 6.07) is 2.01. The molecule has 1 N–H and O–H groups in total. The number of rotatable bonds is 6. The van der Waals surface area contributed by atoms with Crippen LogP contribution in [0.2, 0.25) is 0 Å². The molecule has 0 amide bonds. The molecule has 3 rings (SSSR count). The van der Waals surface area contributed by atoms with Gasteiger partial charge in [0, 0.05) is 17.3 Å². The predicted octanol–water partition coefficient (Wildman–Crippen LogP) is 2.77. The molecule has 0 aliphatic heterocycles. The summed E-state index contributed by atoms with van der Waals surface area (Å²) in [4.78, 5) is 9.02. The van der Waals surface area contributed by atoms with Crippen molar-refractivity contribution in [2.45, 2.75) is 39.5 Å². The van der Waals surface area contributed by atoms with E-state index in [-0.39, 0.29) is 0 Å². The van der Waals surface area contributed by atoms with Crippen molar-refractivity contribution >= 4 is 23.2 Å². The van der Waals surface area contributed by atoms with E-state index in [1.54, 1.807) is 11.8 Å². The van der Waals surface area contributed by atoms with Gasteiger partial charge < -0.3 is 9.84 Å². The highest BCUT2D eigenvalue weighted by atomic mass is 32.2. The molecule has 122 valence electrons. The van der Waals surface area contributed by atoms with Gasteiger partial charge >= 0.3 is 0 Å². The summed E-state index contributed by atoms with van der Waals surface area (Å²) in [6.45, 7) is 6.59. The van der Waals surface area contributed by atoms with Gasteiger partial charge in [-0.15, -0.1) is 0 Å². The second-order valence-corrected chi connectivity index (χ2v) is 6.19. The van der Waals surface area contributed by atoms with Gasteiger partial charge in [-0.1, -0.05) is 12.1 Å². The van der Waals surface area contributed by atoms with Gasteiger partial charge in [0.1, 0.15) is 5.82 Å². The van der Waals surface area contributed by atoms with E-state index in [2.05, 4.69) is 32.5 Å². The van der Waals surface area contributed by atoms with Gasteiger partial charge in [-0.3, -0.25) is 0 Å². The number of hydrogen-bond acceptors (Lipinski definition) is 7. The van der Waals surface area contributed by atoms with E-state index in [0.29, 0.717) is 18.3 Å². The zero-order chi connectivity index (χ0) is 16.4. The highest BCUT2D eigenvalue weighted by molar-refractivity contribution is 7.97. The molecule has 0 aliphatic carbocycles. The standard InChI is InChI=1S/C15H20N6OS/c1-5-11-6-13(21-15(17-11)9(2)10(3)19-21)16-7-14-18-12(8-23-4)20-22-14/h6,16H,5,7-8H2,1-4H3. The molecule has 0 spiro atoms. The molecule has 0 saturated carbocycles. The number of thioether (sulfide) groups is 1. The fourth-order valence-corrected chi connectivity index (χ4v) is 2.68. The van der Waals surface area contributed by atoms with Gasteiger partial charge in [0.2, 0.25) is 5.89 Å². The Morgan fingerprint density at radius 2 is 2.13 bits per heavy atom. The van der Waals surface area contributed by atoms with E-state index in [1.165, 1.54) is 0 Å². The van der Waals surface area contributed by atoms with Crippen LogP contribution < -0.4 is 5.32 Å². The summed E-state index contributed by atoms with van der Waals surface area (Å²) >= 11 is 1.67. The normalized spacial score (nSPS) is 11.3. The predicted molar refractivity (Wildman–Crippen MR) is 90.7 cm³/mol. The maximum Gasteiger partial charge on any atom is 0.246 e. The van der Waals surface area contributed by atoms with Gasteiger partial charge in [-0.25, -0.2) is 4.98 Å². The number of hydrogen-bond donors (Lipinski definition) is 1. The molecule has 23 heavy (non-hydrogen) atoms. The Labute approximate surface area is 138 Å². The van der Waals surface area contributed by atoms with Gasteiger partial charge in [0.25, 0.3) is 0 Å². The largest absolute Gasteiger partial charge is 0.361 e. The van der Waals surface area contributed by atoms with E-state index in [9.17, 15) is 0 Å². The second-order valence-electron chi connectivity index (χ2n) is 5.32. The number of anilines is 1. The van der Waals surface area contributed by atoms with E-state index in [4.69, 9.17) is 4.52 Å². The average Bonchev–Trinajstić information content (AvgIpc) is 3.11. The molecule has 0 atom stereocenters. The molecule has 0 unspecified atom stereocenters. The minimum atomic E-state index is 0.460. The molecule has 0 bridgehead atoms. The van der Waals surface area contributed by atoms with Crippen LogP contribution in [0.1, 0.15) is 35.6 Å². The topological polar surface area (TPSA) is 81.1 Å². The zero-order valence-corrected chi connectivity index (χ0v) is 14.6. The lowest BCUT2D eigenvalue weighted by Gasteiger charge is -2.08.